The lowest BCUT2D eigenvalue weighted by Gasteiger charge is -2.10. The second-order valence-electron chi connectivity index (χ2n) is 6.15. The van der Waals surface area contributed by atoms with Crippen LogP contribution in [0.2, 0.25) is 0 Å². The predicted octanol–water partition coefficient (Wildman–Crippen LogP) is 5.07. The molecule has 3 aromatic heterocycles. The summed E-state index contributed by atoms with van der Waals surface area (Å²) in [6.07, 6.45) is 3.26. The van der Waals surface area contributed by atoms with Crippen molar-refractivity contribution in [1.29, 1.82) is 0 Å². The van der Waals surface area contributed by atoms with Gasteiger partial charge in [0.1, 0.15) is 17.3 Å². The van der Waals surface area contributed by atoms with Gasteiger partial charge < -0.3 is 19.8 Å². The Morgan fingerprint density at radius 2 is 1.90 bits per heavy atom. The summed E-state index contributed by atoms with van der Waals surface area (Å²) in [7, 11) is 0. The van der Waals surface area contributed by atoms with Gasteiger partial charge in [0.25, 0.3) is 5.91 Å². The van der Waals surface area contributed by atoms with Gasteiger partial charge in [-0.2, -0.15) is 0 Å². The third kappa shape index (κ3) is 5.03. The molecule has 4 rings (SSSR count). The molecule has 0 spiro atoms. The van der Waals surface area contributed by atoms with Gasteiger partial charge in [-0.3, -0.25) is 4.79 Å². The third-order valence-corrected chi connectivity index (χ3v) is 5.05. The molecule has 0 unspecified atom stereocenters. The molecule has 0 fully saturated rings. The van der Waals surface area contributed by atoms with Gasteiger partial charge in [0.05, 0.1) is 24.9 Å². The van der Waals surface area contributed by atoms with Crippen molar-refractivity contribution < 1.29 is 13.9 Å². The average molecular weight is 405 g/mol. The maximum absolute atomic E-state index is 12.7. The van der Waals surface area contributed by atoms with Crippen LogP contribution in [0.5, 0.6) is 10.8 Å². The van der Waals surface area contributed by atoms with Gasteiger partial charge in [-0.1, -0.05) is 18.2 Å². The van der Waals surface area contributed by atoms with Crippen molar-refractivity contribution >= 4 is 23.1 Å². The van der Waals surface area contributed by atoms with E-state index in [0.717, 1.165) is 21.5 Å². The lowest BCUT2D eigenvalue weighted by molar-refractivity contribution is 0.0951. The number of carbonyl (C=O) groups is 1. The van der Waals surface area contributed by atoms with E-state index in [1.807, 2.05) is 54.6 Å². The molecule has 0 bridgehead atoms. The number of pyridine rings is 1. The van der Waals surface area contributed by atoms with Crippen LogP contribution in [0.4, 0.5) is 5.82 Å². The van der Waals surface area contributed by atoms with Crippen LogP contribution in [0.3, 0.4) is 0 Å². The number of nitrogens with one attached hydrogen (secondary N) is 2. The topological polar surface area (TPSA) is 76.4 Å². The Kier molecular flexibility index (Phi) is 5.87. The van der Waals surface area contributed by atoms with Gasteiger partial charge in [0.2, 0.25) is 0 Å². The molecule has 0 aliphatic rings. The van der Waals surface area contributed by atoms with Crippen LogP contribution in [-0.4, -0.2) is 10.9 Å². The second kappa shape index (κ2) is 9.07. The number of anilines is 1. The van der Waals surface area contributed by atoms with Crippen LogP contribution in [0.25, 0.3) is 0 Å². The van der Waals surface area contributed by atoms with Crippen LogP contribution < -0.4 is 15.4 Å². The number of carbonyl (C=O) groups excluding carboxylic acids is 1. The number of ether oxygens (including phenoxy) is 1. The minimum atomic E-state index is -0.195. The Hall–Kier alpha value is -3.58. The highest BCUT2D eigenvalue weighted by molar-refractivity contribution is 7.13. The summed E-state index contributed by atoms with van der Waals surface area (Å²) in [5.74, 6) is 1.87. The van der Waals surface area contributed by atoms with Gasteiger partial charge in [-0.05, 0) is 48.5 Å². The van der Waals surface area contributed by atoms with Crippen molar-refractivity contribution in [2.24, 2.45) is 0 Å². The van der Waals surface area contributed by atoms with E-state index in [-0.39, 0.29) is 5.91 Å². The first-order valence-electron chi connectivity index (χ1n) is 9.09. The minimum absolute atomic E-state index is 0.195. The standard InChI is InChI=1S/C22H19N3O3S/c26-22(19-9-4-12-23-21(19)24-14-17-8-5-13-27-17)25-15-18-10-11-20(29-18)28-16-6-2-1-3-7-16/h1-13H,14-15H2,(H,23,24)(H,25,26). The maximum Gasteiger partial charge on any atom is 0.255 e. The Balaban J connectivity index is 1.35. The number of amides is 1. The number of furan rings is 1. The van der Waals surface area contributed by atoms with E-state index >= 15 is 0 Å². The van der Waals surface area contributed by atoms with Gasteiger partial charge in [-0.25, -0.2) is 4.98 Å². The fourth-order valence-corrected chi connectivity index (χ4v) is 3.50. The van der Waals surface area contributed by atoms with Gasteiger partial charge in [-0.15, -0.1) is 11.3 Å². The Labute approximate surface area is 172 Å². The molecule has 0 atom stereocenters. The molecule has 7 heteroatoms. The van der Waals surface area contributed by atoms with Crippen LogP contribution in [0.15, 0.2) is 83.6 Å². The summed E-state index contributed by atoms with van der Waals surface area (Å²) in [5.41, 5.74) is 0.483. The molecule has 29 heavy (non-hydrogen) atoms. The van der Waals surface area contributed by atoms with Crippen molar-refractivity contribution in [3.05, 3.63) is 95.4 Å². The van der Waals surface area contributed by atoms with Gasteiger partial charge in [0, 0.05) is 11.1 Å². The van der Waals surface area contributed by atoms with Crippen molar-refractivity contribution in [1.82, 2.24) is 10.3 Å². The van der Waals surface area contributed by atoms with Crippen LogP contribution in [0.1, 0.15) is 21.0 Å². The number of hydrogen-bond acceptors (Lipinski definition) is 6. The lowest BCUT2D eigenvalue weighted by Crippen LogP contribution is -2.23. The summed E-state index contributed by atoms with van der Waals surface area (Å²) in [5, 5.41) is 6.86. The number of thiophene rings is 1. The Bertz CT molecular complexity index is 1060. The molecule has 2 N–H and O–H groups in total. The van der Waals surface area contributed by atoms with Crippen LogP contribution in [-0.2, 0) is 13.1 Å². The van der Waals surface area contributed by atoms with E-state index in [4.69, 9.17) is 9.15 Å². The quantitative estimate of drug-likeness (QED) is 0.428. The highest BCUT2D eigenvalue weighted by atomic mass is 32.1. The Morgan fingerprint density at radius 3 is 2.72 bits per heavy atom. The first-order valence-corrected chi connectivity index (χ1v) is 9.91. The highest BCUT2D eigenvalue weighted by Gasteiger charge is 2.13. The smallest absolute Gasteiger partial charge is 0.255 e. The molecule has 0 aliphatic carbocycles. The van der Waals surface area contributed by atoms with Crippen LogP contribution >= 0.6 is 11.3 Å². The summed E-state index contributed by atoms with van der Waals surface area (Å²) < 4.78 is 11.1. The third-order valence-electron chi connectivity index (χ3n) is 4.08. The summed E-state index contributed by atoms with van der Waals surface area (Å²) in [6, 6.07) is 20.6. The monoisotopic (exact) mass is 405 g/mol. The number of hydrogen-bond donors (Lipinski definition) is 2. The van der Waals surface area contributed by atoms with Crippen molar-refractivity contribution in [3.8, 4) is 10.8 Å². The van der Waals surface area contributed by atoms with Gasteiger partial charge >= 0.3 is 0 Å². The van der Waals surface area contributed by atoms with E-state index in [1.54, 1.807) is 24.6 Å². The molecule has 0 saturated heterocycles. The number of aromatic nitrogens is 1. The molecule has 0 saturated carbocycles. The molecule has 0 radical (unpaired) electrons. The minimum Gasteiger partial charge on any atom is -0.467 e. The predicted molar refractivity (Wildman–Crippen MR) is 112 cm³/mol. The highest BCUT2D eigenvalue weighted by Crippen LogP contribution is 2.29. The number of nitrogens with zero attached hydrogens (tertiary/aromatic N) is 1. The van der Waals surface area contributed by atoms with Crippen molar-refractivity contribution in [3.63, 3.8) is 0 Å². The molecule has 146 valence electrons. The summed E-state index contributed by atoms with van der Waals surface area (Å²) >= 11 is 1.50. The maximum atomic E-state index is 12.7. The second-order valence-corrected chi connectivity index (χ2v) is 7.28. The van der Waals surface area contributed by atoms with E-state index in [0.29, 0.717) is 24.5 Å². The molecule has 1 aromatic carbocycles. The normalized spacial score (nSPS) is 10.5. The first kappa shape index (κ1) is 18.8. The first-order chi connectivity index (χ1) is 14.3. The molecule has 0 aliphatic heterocycles. The summed E-state index contributed by atoms with van der Waals surface area (Å²) in [6.45, 7) is 0.865. The molecule has 3 heterocycles. The zero-order valence-electron chi connectivity index (χ0n) is 15.5. The number of benzene rings is 1. The molecular formula is C22H19N3O3S. The lowest BCUT2D eigenvalue weighted by atomic mass is 10.2. The zero-order valence-corrected chi connectivity index (χ0v) is 16.3. The largest absolute Gasteiger partial charge is 0.467 e. The Morgan fingerprint density at radius 1 is 1.00 bits per heavy atom. The molecular weight excluding hydrogens is 386 g/mol. The van der Waals surface area contributed by atoms with E-state index in [1.165, 1.54) is 11.3 Å². The van der Waals surface area contributed by atoms with Gasteiger partial charge in [0.15, 0.2) is 5.06 Å². The van der Waals surface area contributed by atoms with Crippen LogP contribution in [0, 0.1) is 0 Å². The molecule has 1 amide bonds. The fraction of sp³-hybridized carbons (Fsp3) is 0.0909. The number of para-hydroxylation sites is 1. The summed E-state index contributed by atoms with van der Waals surface area (Å²) in [4.78, 5) is 17.9. The van der Waals surface area contributed by atoms with Crippen molar-refractivity contribution in [2.75, 3.05) is 5.32 Å². The van der Waals surface area contributed by atoms with E-state index < -0.39 is 0 Å². The zero-order chi connectivity index (χ0) is 19.9. The number of rotatable bonds is 8. The van der Waals surface area contributed by atoms with Crippen molar-refractivity contribution in [2.45, 2.75) is 13.1 Å². The fourth-order valence-electron chi connectivity index (χ4n) is 2.69. The van der Waals surface area contributed by atoms with E-state index in [9.17, 15) is 4.79 Å². The SMILES string of the molecule is O=C(NCc1ccc(Oc2ccccc2)s1)c1cccnc1NCc1ccco1. The average Bonchev–Trinajstić information content (AvgIpc) is 3.43. The molecule has 4 aromatic rings. The molecule has 6 nitrogen and oxygen atoms in total. The van der Waals surface area contributed by atoms with E-state index in [2.05, 4.69) is 15.6 Å².